The minimum absolute atomic E-state index is 0.402. The Bertz CT molecular complexity index is 743. The van der Waals surface area contributed by atoms with Crippen molar-refractivity contribution in [2.75, 3.05) is 0 Å². The number of hydrogen-bond donors (Lipinski definition) is 2. The summed E-state index contributed by atoms with van der Waals surface area (Å²) in [5, 5.41) is 4.95. The van der Waals surface area contributed by atoms with Crippen LogP contribution < -0.4 is 10.6 Å². The molecule has 6 heteroatoms. The minimum atomic E-state index is -4.66. The van der Waals surface area contributed by atoms with Crippen molar-refractivity contribution in [1.82, 2.24) is 10.6 Å². The quantitative estimate of drug-likeness (QED) is 0.734. The molecule has 2 aromatic rings. The second-order valence-electron chi connectivity index (χ2n) is 5.97. The van der Waals surface area contributed by atoms with Crippen LogP contribution in [-0.4, -0.2) is 12.1 Å². The molecule has 2 atom stereocenters. The van der Waals surface area contributed by atoms with E-state index in [9.17, 15) is 18.0 Å². The van der Waals surface area contributed by atoms with E-state index < -0.39 is 29.9 Å². The first-order chi connectivity index (χ1) is 12.3. The largest absolute Gasteiger partial charge is 0.431 e. The van der Waals surface area contributed by atoms with Crippen LogP contribution in [0, 0.1) is 0 Å². The van der Waals surface area contributed by atoms with E-state index >= 15 is 0 Å². The van der Waals surface area contributed by atoms with E-state index in [2.05, 4.69) is 10.6 Å². The standard InChI is InChI=1S/C20H21F3N2O/c1-14(16-9-5-3-6-10-16)24-18(20(21,22)23)13-19(26)25-15(2)17-11-7-4-8-12-17/h3-15,24H,1-2H3,(H,25,26)/b18-13+/t14-,15-/m1/s1. The highest BCUT2D eigenvalue weighted by molar-refractivity contribution is 5.88. The fraction of sp³-hybridized carbons (Fsp3) is 0.250. The van der Waals surface area contributed by atoms with Gasteiger partial charge in [-0.1, -0.05) is 60.7 Å². The molecule has 0 radical (unpaired) electrons. The summed E-state index contributed by atoms with van der Waals surface area (Å²) in [6, 6.07) is 16.8. The van der Waals surface area contributed by atoms with Crippen LogP contribution >= 0.6 is 0 Å². The fourth-order valence-electron chi connectivity index (χ4n) is 2.47. The molecule has 0 aliphatic carbocycles. The Labute approximate surface area is 150 Å². The molecular formula is C20H21F3N2O. The van der Waals surface area contributed by atoms with E-state index in [1.807, 2.05) is 6.07 Å². The molecule has 0 saturated heterocycles. The topological polar surface area (TPSA) is 41.1 Å². The minimum Gasteiger partial charge on any atom is -0.374 e. The average Bonchev–Trinajstić information content (AvgIpc) is 2.61. The van der Waals surface area contributed by atoms with E-state index in [1.54, 1.807) is 68.4 Å². The summed E-state index contributed by atoms with van der Waals surface area (Å²) in [5.41, 5.74) is 0.431. The Kier molecular flexibility index (Phi) is 6.44. The number of carbonyl (C=O) groups is 1. The van der Waals surface area contributed by atoms with Crippen molar-refractivity contribution >= 4 is 5.91 Å². The SMILES string of the molecule is C[C@@H](NC(=O)/C=C(/N[C@H](C)c1ccccc1)C(F)(F)F)c1ccccc1. The molecule has 0 saturated carbocycles. The van der Waals surface area contributed by atoms with Gasteiger partial charge in [-0.25, -0.2) is 0 Å². The fourth-order valence-corrected chi connectivity index (χ4v) is 2.47. The Hall–Kier alpha value is -2.76. The van der Waals surface area contributed by atoms with Crippen molar-refractivity contribution in [3.05, 3.63) is 83.6 Å². The summed E-state index contributed by atoms with van der Waals surface area (Å²) >= 11 is 0. The molecule has 0 spiro atoms. The number of rotatable bonds is 6. The van der Waals surface area contributed by atoms with Crippen LogP contribution in [0.5, 0.6) is 0 Å². The van der Waals surface area contributed by atoms with Crippen LogP contribution in [-0.2, 0) is 4.79 Å². The van der Waals surface area contributed by atoms with Crippen LogP contribution in [0.2, 0.25) is 0 Å². The van der Waals surface area contributed by atoms with Crippen molar-refractivity contribution in [2.45, 2.75) is 32.1 Å². The molecule has 0 bridgehead atoms. The van der Waals surface area contributed by atoms with Gasteiger partial charge in [0.2, 0.25) is 5.91 Å². The highest BCUT2D eigenvalue weighted by Crippen LogP contribution is 2.26. The smallest absolute Gasteiger partial charge is 0.374 e. The van der Waals surface area contributed by atoms with E-state index in [0.29, 0.717) is 11.6 Å². The third kappa shape index (κ3) is 5.65. The molecule has 0 fully saturated rings. The zero-order chi connectivity index (χ0) is 19.2. The second-order valence-corrected chi connectivity index (χ2v) is 5.97. The first-order valence-corrected chi connectivity index (χ1v) is 8.23. The molecule has 2 rings (SSSR count). The maximum atomic E-state index is 13.3. The van der Waals surface area contributed by atoms with Crippen molar-refractivity contribution in [2.24, 2.45) is 0 Å². The maximum Gasteiger partial charge on any atom is 0.431 e. The van der Waals surface area contributed by atoms with Gasteiger partial charge in [-0.15, -0.1) is 0 Å². The van der Waals surface area contributed by atoms with Gasteiger partial charge in [0.15, 0.2) is 0 Å². The van der Waals surface area contributed by atoms with E-state index in [-0.39, 0.29) is 0 Å². The van der Waals surface area contributed by atoms with Gasteiger partial charge in [0.1, 0.15) is 5.70 Å². The summed E-state index contributed by atoms with van der Waals surface area (Å²) in [6.07, 6.45) is -4.09. The lowest BCUT2D eigenvalue weighted by atomic mass is 10.1. The molecule has 1 amide bonds. The Morgan fingerprint density at radius 1 is 0.846 bits per heavy atom. The van der Waals surface area contributed by atoms with Gasteiger partial charge in [0.25, 0.3) is 0 Å². The Balaban J connectivity index is 2.11. The summed E-state index contributed by atoms with van der Waals surface area (Å²) < 4.78 is 39.9. The van der Waals surface area contributed by atoms with Crippen molar-refractivity contribution in [3.63, 3.8) is 0 Å². The summed E-state index contributed by atoms with van der Waals surface area (Å²) in [4.78, 5) is 12.1. The number of alkyl halides is 3. The number of nitrogens with one attached hydrogen (secondary N) is 2. The second kappa shape index (κ2) is 8.56. The molecule has 0 unspecified atom stereocenters. The molecule has 138 valence electrons. The number of allylic oxidation sites excluding steroid dienone is 1. The van der Waals surface area contributed by atoms with Gasteiger partial charge in [-0.05, 0) is 25.0 Å². The highest BCUT2D eigenvalue weighted by atomic mass is 19.4. The van der Waals surface area contributed by atoms with E-state index in [4.69, 9.17) is 0 Å². The third-order valence-corrected chi connectivity index (χ3v) is 3.91. The highest BCUT2D eigenvalue weighted by Gasteiger charge is 2.35. The molecule has 3 nitrogen and oxygen atoms in total. The lowest BCUT2D eigenvalue weighted by molar-refractivity contribution is -0.119. The van der Waals surface area contributed by atoms with Crippen molar-refractivity contribution < 1.29 is 18.0 Å². The van der Waals surface area contributed by atoms with Gasteiger partial charge in [-0.3, -0.25) is 4.79 Å². The van der Waals surface area contributed by atoms with Crippen LogP contribution in [0.3, 0.4) is 0 Å². The number of amides is 1. The Morgan fingerprint density at radius 2 is 1.27 bits per heavy atom. The van der Waals surface area contributed by atoms with Gasteiger partial charge >= 0.3 is 6.18 Å². The molecule has 0 aromatic heterocycles. The van der Waals surface area contributed by atoms with Gasteiger partial charge in [0, 0.05) is 12.1 Å². The summed E-state index contributed by atoms with van der Waals surface area (Å²) in [5.74, 6) is -0.804. The molecule has 0 heterocycles. The average molecular weight is 362 g/mol. The van der Waals surface area contributed by atoms with Crippen LogP contribution in [0.15, 0.2) is 72.4 Å². The molecule has 2 aromatic carbocycles. The third-order valence-electron chi connectivity index (χ3n) is 3.91. The molecule has 26 heavy (non-hydrogen) atoms. The van der Waals surface area contributed by atoms with Crippen LogP contribution in [0.25, 0.3) is 0 Å². The summed E-state index contributed by atoms with van der Waals surface area (Å²) in [7, 11) is 0. The molecule has 2 N–H and O–H groups in total. The number of benzene rings is 2. The maximum absolute atomic E-state index is 13.3. The van der Waals surface area contributed by atoms with E-state index in [0.717, 1.165) is 5.56 Å². The zero-order valence-corrected chi connectivity index (χ0v) is 14.5. The van der Waals surface area contributed by atoms with Crippen LogP contribution in [0.1, 0.15) is 37.1 Å². The van der Waals surface area contributed by atoms with Gasteiger partial charge in [0.05, 0.1) is 6.04 Å². The zero-order valence-electron chi connectivity index (χ0n) is 14.5. The predicted molar refractivity (Wildman–Crippen MR) is 95.1 cm³/mol. The first-order valence-electron chi connectivity index (χ1n) is 8.23. The van der Waals surface area contributed by atoms with E-state index in [1.165, 1.54) is 0 Å². The predicted octanol–water partition coefficient (Wildman–Crippen LogP) is 4.66. The first kappa shape index (κ1) is 19.6. The monoisotopic (exact) mass is 362 g/mol. The molecule has 0 aliphatic heterocycles. The number of hydrogen-bond acceptors (Lipinski definition) is 2. The van der Waals surface area contributed by atoms with Gasteiger partial charge < -0.3 is 10.6 Å². The molecular weight excluding hydrogens is 341 g/mol. The lowest BCUT2D eigenvalue weighted by Gasteiger charge is -2.21. The normalized spacial score (nSPS) is 14.4. The van der Waals surface area contributed by atoms with Gasteiger partial charge in [-0.2, -0.15) is 13.2 Å². The van der Waals surface area contributed by atoms with Crippen molar-refractivity contribution in [1.29, 1.82) is 0 Å². The van der Waals surface area contributed by atoms with Crippen molar-refractivity contribution in [3.8, 4) is 0 Å². The summed E-state index contributed by atoms with van der Waals surface area (Å²) in [6.45, 7) is 3.33. The molecule has 0 aliphatic rings. The lowest BCUT2D eigenvalue weighted by Crippen LogP contribution is -2.32. The Morgan fingerprint density at radius 3 is 1.69 bits per heavy atom. The number of halogens is 3. The number of carbonyl (C=O) groups excluding carboxylic acids is 1. The van der Waals surface area contributed by atoms with Crippen LogP contribution in [0.4, 0.5) is 13.2 Å².